The smallest absolute Gasteiger partial charge is 0.164 e. The maximum Gasteiger partial charge on any atom is 0.164 e. The number of nitriles is 1. The number of hydrogen-bond donors (Lipinski definition) is 4. The van der Waals surface area contributed by atoms with Gasteiger partial charge < -0.3 is 29.7 Å². The first-order chi connectivity index (χ1) is 15.5. The summed E-state index contributed by atoms with van der Waals surface area (Å²) in [5, 5.41) is 50.8. The van der Waals surface area contributed by atoms with E-state index in [0.717, 1.165) is 11.1 Å². The van der Waals surface area contributed by atoms with Crippen molar-refractivity contribution >= 4 is 12.2 Å². The van der Waals surface area contributed by atoms with E-state index in [9.17, 15) is 25.7 Å². The van der Waals surface area contributed by atoms with Gasteiger partial charge in [0.25, 0.3) is 0 Å². The molecule has 0 bridgehead atoms. The fourth-order valence-corrected chi connectivity index (χ4v) is 4.31. The van der Waals surface area contributed by atoms with Crippen LogP contribution < -0.4 is 0 Å². The summed E-state index contributed by atoms with van der Waals surface area (Å²) >= 11 is 5.69. The molecular formula is C24H22N2O5S. The lowest BCUT2D eigenvalue weighted by molar-refractivity contribution is -0.251. The van der Waals surface area contributed by atoms with Gasteiger partial charge in [0.15, 0.2) is 6.23 Å². The zero-order valence-corrected chi connectivity index (χ0v) is 17.8. The third kappa shape index (κ3) is 3.87. The van der Waals surface area contributed by atoms with Crippen LogP contribution in [0.5, 0.6) is 0 Å². The molecule has 0 saturated carbocycles. The number of rotatable bonds is 4. The molecule has 164 valence electrons. The first-order valence-electron chi connectivity index (χ1n) is 10.1. The molecule has 0 aliphatic carbocycles. The highest BCUT2D eigenvalue weighted by molar-refractivity contribution is 7.71. The van der Waals surface area contributed by atoms with E-state index in [-0.39, 0.29) is 10.2 Å². The van der Waals surface area contributed by atoms with Crippen molar-refractivity contribution in [2.24, 2.45) is 0 Å². The van der Waals surface area contributed by atoms with Crippen molar-refractivity contribution in [3.63, 3.8) is 0 Å². The molecule has 32 heavy (non-hydrogen) atoms. The first kappa shape index (κ1) is 22.3. The summed E-state index contributed by atoms with van der Waals surface area (Å²) in [5.74, 6) is 0. The van der Waals surface area contributed by atoms with Gasteiger partial charge in [-0.05, 0) is 17.2 Å². The Morgan fingerprint density at radius 1 is 0.906 bits per heavy atom. The van der Waals surface area contributed by atoms with Gasteiger partial charge in [0.2, 0.25) is 0 Å². The quantitative estimate of drug-likeness (QED) is 0.451. The van der Waals surface area contributed by atoms with Crippen LogP contribution in [0.2, 0.25) is 0 Å². The monoisotopic (exact) mass is 450 g/mol. The lowest BCUT2D eigenvalue weighted by Crippen LogP contribution is -2.56. The van der Waals surface area contributed by atoms with Gasteiger partial charge in [0.1, 0.15) is 35.1 Å². The topological polar surface area (TPSA) is 119 Å². The number of aliphatic hydroxyl groups is 4. The van der Waals surface area contributed by atoms with E-state index in [1.165, 1.54) is 4.57 Å². The normalized spacial score (nSPS) is 25.3. The van der Waals surface area contributed by atoms with Crippen LogP contribution in [-0.4, -0.2) is 56.0 Å². The second-order valence-electron chi connectivity index (χ2n) is 7.56. The molecule has 8 heteroatoms. The molecule has 0 amide bonds. The molecule has 4 N–H and O–H groups in total. The van der Waals surface area contributed by atoms with E-state index in [0.29, 0.717) is 11.3 Å². The molecule has 2 aromatic carbocycles. The maximum atomic E-state index is 10.8. The third-order valence-corrected chi connectivity index (χ3v) is 6.03. The van der Waals surface area contributed by atoms with Gasteiger partial charge in [-0.1, -0.05) is 72.9 Å². The Hall–Kier alpha value is -2.90. The third-order valence-electron chi connectivity index (χ3n) is 5.63. The molecule has 4 rings (SSSR count). The van der Waals surface area contributed by atoms with Crippen LogP contribution in [0, 0.1) is 16.0 Å². The van der Waals surface area contributed by atoms with Crippen molar-refractivity contribution in [2.75, 3.05) is 6.61 Å². The van der Waals surface area contributed by atoms with Gasteiger partial charge in [-0.2, -0.15) is 5.26 Å². The van der Waals surface area contributed by atoms with Gasteiger partial charge in [-0.15, -0.1) is 0 Å². The van der Waals surface area contributed by atoms with E-state index in [4.69, 9.17) is 17.0 Å². The molecule has 1 fully saturated rings. The fourth-order valence-electron chi connectivity index (χ4n) is 3.96. The van der Waals surface area contributed by atoms with Crippen LogP contribution >= 0.6 is 12.2 Å². The molecule has 2 heterocycles. The highest BCUT2D eigenvalue weighted by atomic mass is 32.1. The Morgan fingerprint density at radius 3 is 2.06 bits per heavy atom. The highest BCUT2D eigenvalue weighted by Gasteiger charge is 2.45. The summed E-state index contributed by atoms with van der Waals surface area (Å²) in [6, 6.07) is 22.5. The lowest BCUT2D eigenvalue weighted by atomic mass is 9.95. The van der Waals surface area contributed by atoms with Crippen LogP contribution in [0.15, 0.2) is 66.7 Å². The van der Waals surface area contributed by atoms with Crippen LogP contribution in [0.3, 0.4) is 0 Å². The van der Waals surface area contributed by atoms with Gasteiger partial charge >= 0.3 is 0 Å². The van der Waals surface area contributed by atoms with Crippen LogP contribution in [0.25, 0.3) is 22.4 Å². The second-order valence-corrected chi connectivity index (χ2v) is 7.94. The average molecular weight is 451 g/mol. The van der Waals surface area contributed by atoms with E-state index in [2.05, 4.69) is 6.07 Å². The SMILES string of the molecule is N#Cc1c(-c2ccccc2)cc(-c2ccccc2)n([C@@H]2O[C@H](CO)[C@@H](O)[C@H](O)[C@H]2O)c1=S. The molecule has 0 unspecified atom stereocenters. The van der Waals surface area contributed by atoms with Crippen LogP contribution in [-0.2, 0) is 4.74 Å². The molecule has 7 nitrogen and oxygen atoms in total. The highest BCUT2D eigenvalue weighted by Crippen LogP contribution is 2.37. The summed E-state index contributed by atoms with van der Waals surface area (Å²) in [7, 11) is 0. The second kappa shape index (κ2) is 9.30. The Labute approximate surface area is 190 Å². The number of nitrogens with zero attached hydrogens (tertiary/aromatic N) is 2. The average Bonchev–Trinajstić information content (AvgIpc) is 2.84. The largest absolute Gasteiger partial charge is 0.394 e. The summed E-state index contributed by atoms with van der Waals surface area (Å²) in [4.78, 5) is 0. The van der Waals surface area contributed by atoms with E-state index < -0.39 is 37.3 Å². The zero-order valence-electron chi connectivity index (χ0n) is 16.9. The summed E-state index contributed by atoms with van der Waals surface area (Å²) in [6.45, 7) is -0.567. The molecule has 1 aliphatic heterocycles. The van der Waals surface area contributed by atoms with Gasteiger partial charge in [0.05, 0.1) is 17.9 Å². The molecule has 3 aromatic rings. The number of pyridine rings is 1. The minimum absolute atomic E-state index is 0.108. The van der Waals surface area contributed by atoms with E-state index >= 15 is 0 Å². The molecule has 1 aromatic heterocycles. The van der Waals surface area contributed by atoms with Crippen molar-refractivity contribution in [3.8, 4) is 28.5 Å². The number of ether oxygens (including phenoxy) is 1. The Balaban J connectivity index is 2.00. The van der Waals surface area contributed by atoms with Crippen molar-refractivity contribution in [1.82, 2.24) is 4.57 Å². The van der Waals surface area contributed by atoms with E-state index in [1.807, 2.05) is 60.7 Å². The van der Waals surface area contributed by atoms with Crippen molar-refractivity contribution in [3.05, 3.63) is 76.9 Å². The number of aromatic nitrogens is 1. The van der Waals surface area contributed by atoms with Gasteiger partial charge in [-0.25, -0.2) is 0 Å². The predicted octanol–water partition coefficient (Wildman–Crippen LogP) is 2.40. The molecule has 1 aliphatic rings. The zero-order chi connectivity index (χ0) is 22.8. The predicted molar refractivity (Wildman–Crippen MR) is 120 cm³/mol. The lowest BCUT2D eigenvalue weighted by Gasteiger charge is -2.41. The molecular weight excluding hydrogens is 428 g/mol. The van der Waals surface area contributed by atoms with Crippen molar-refractivity contribution < 1.29 is 25.2 Å². The van der Waals surface area contributed by atoms with Crippen molar-refractivity contribution in [2.45, 2.75) is 30.6 Å². The minimum Gasteiger partial charge on any atom is -0.394 e. The Bertz CT molecular complexity index is 1190. The van der Waals surface area contributed by atoms with Crippen molar-refractivity contribution in [1.29, 1.82) is 5.26 Å². The van der Waals surface area contributed by atoms with Crippen LogP contribution in [0.4, 0.5) is 0 Å². The maximum absolute atomic E-state index is 10.8. The fraction of sp³-hybridized carbons (Fsp3) is 0.250. The Kier molecular flexibility index (Phi) is 6.48. The van der Waals surface area contributed by atoms with Crippen LogP contribution in [0.1, 0.15) is 11.8 Å². The summed E-state index contributed by atoms with van der Waals surface area (Å²) in [5.41, 5.74) is 2.93. The van der Waals surface area contributed by atoms with Gasteiger partial charge in [0, 0.05) is 5.56 Å². The van der Waals surface area contributed by atoms with Gasteiger partial charge in [-0.3, -0.25) is 0 Å². The number of aliphatic hydroxyl groups excluding tert-OH is 4. The molecule has 1 saturated heterocycles. The molecule has 0 spiro atoms. The molecule has 5 atom stereocenters. The first-order valence-corrected chi connectivity index (χ1v) is 10.5. The Morgan fingerprint density at radius 2 is 1.50 bits per heavy atom. The van der Waals surface area contributed by atoms with E-state index in [1.54, 1.807) is 6.07 Å². The standard InChI is InChI=1S/C24H22N2O5S/c25-12-17-16(14-7-3-1-4-8-14)11-18(15-9-5-2-6-10-15)26(24(17)32)23-22(30)21(29)20(28)19(13-27)31-23/h1-11,19-23,27-30H,13H2/t19-,20-,21+,22-,23-/m1/s1. The minimum atomic E-state index is -1.57. The summed E-state index contributed by atoms with van der Waals surface area (Å²) in [6.07, 6.45) is -6.96. The molecule has 0 radical (unpaired) electrons. The number of hydrogen-bond acceptors (Lipinski definition) is 7. The summed E-state index contributed by atoms with van der Waals surface area (Å²) < 4.78 is 7.36. The number of benzene rings is 2.